The van der Waals surface area contributed by atoms with Gasteiger partial charge in [-0.25, -0.2) is 4.79 Å². The molecule has 1 aromatic carbocycles. The zero-order chi connectivity index (χ0) is 22.5. The summed E-state index contributed by atoms with van der Waals surface area (Å²) in [5.74, 6) is 1.05. The summed E-state index contributed by atoms with van der Waals surface area (Å²) >= 11 is 0. The van der Waals surface area contributed by atoms with Crippen LogP contribution in [0.1, 0.15) is 13.8 Å². The molecular weight excluding hydrogens is 396 g/mol. The number of carboxylic acid groups (broad SMARTS) is 1. The van der Waals surface area contributed by atoms with Gasteiger partial charge in [-0.1, -0.05) is 44.2 Å². The van der Waals surface area contributed by atoms with Crippen LogP contribution >= 0.6 is 0 Å². The molecule has 1 aliphatic carbocycles. The molecule has 1 amide bonds. The molecular formula is C24H28N2O5. The molecule has 0 fully saturated rings. The number of anilines is 1. The zero-order valence-electron chi connectivity index (χ0n) is 18.3. The Balaban J connectivity index is 2.35. The van der Waals surface area contributed by atoms with Gasteiger partial charge >= 0.3 is 6.09 Å². The summed E-state index contributed by atoms with van der Waals surface area (Å²) in [5.41, 5.74) is 2.75. The van der Waals surface area contributed by atoms with Crippen LogP contribution in [0.25, 0.3) is 22.3 Å². The lowest BCUT2D eigenvalue weighted by molar-refractivity contribution is 0.146. The normalized spacial score (nSPS) is 11.1. The number of benzene rings is 2. The predicted octanol–water partition coefficient (Wildman–Crippen LogP) is 4.42. The van der Waals surface area contributed by atoms with Gasteiger partial charge in [0, 0.05) is 38.0 Å². The minimum atomic E-state index is -1.07. The highest BCUT2D eigenvalue weighted by Crippen LogP contribution is 2.41. The van der Waals surface area contributed by atoms with Gasteiger partial charge in [0.2, 0.25) is 5.43 Å². The number of hydrogen-bond acceptors (Lipinski definition) is 4. The van der Waals surface area contributed by atoms with E-state index in [9.17, 15) is 14.7 Å². The third kappa shape index (κ3) is 4.88. The van der Waals surface area contributed by atoms with Crippen molar-refractivity contribution in [1.82, 2.24) is 4.57 Å². The molecule has 0 atom stereocenters. The minimum absolute atomic E-state index is 0.249. The molecule has 0 saturated carbocycles. The van der Waals surface area contributed by atoms with Gasteiger partial charge in [0.1, 0.15) is 12.4 Å². The second-order valence-electron chi connectivity index (χ2n) is 7.81. The molecule has 31 heavy (non-hydrogen) atoms. The average molecular weight is 424 g/mol. The second kappa shape index (κ2) is 9.66. The molecule has 1 heterocycles. The predicted molar refractivity (Wildman–Crippen MR) is 121 cm³/mol. The maximum atomic E-state index is 12.8. The van der Waals surface area contributed by atoms with Crippen LogP contribution in [-0.2, 0) is 11.3 Å². The van der Waals surface area contributed by atoms with Gasteiger partial charge in [0.05, 0.1) is 6.61 Å². The molecule has 0 unspecified atom stereocenters. The number of nitrogens with zero attached hydrogens (tertiary/aromatic N) is 2. The Kier molecular flexibility index (Phi) is 6.97. The first-order chi connectivity index (χ1) is 14.8. The molecule has 7 nitrogen and oxygen atoms in total. The van der Waals surface area contributed by atoms with Crippen LogP contribution in [0.3, 0.4) is 0 Å². The minimum Gasteiger partial charge on any atom is -0.487 e. The summed E-state index contributed by atoms with van der Waals surface area (Å²) in [6.07, 6.45) is 0.815. The van der Waals surface area contributed by atoms with E-state index in [2.05, 4.69) is 13.8 Å². The number of hydrogen-bond donors (Lipinski definition) is 1. The molecule has 2 aliphatic rings. The van der Waals surface area contributed by atoms with Gasteiger partial charge in [-0.3, -0.25) is 9.69 Å². The first kappa shape index (κ1) is 22.4. The fourth-order valence-electron chi connectivity index (χ4n) is 3.61. The highest BCUT2D eigenvalue weighted by molar-refractivity contribution is 5.98. The number of ether oxygens (including phenoxy) is 2. The number of aromatic nitrogens is 1. The molecule has 0 aromatic heterocycles. The zero-order valence-corrected chi connectivity index (χ0v) is 18.3. The van der Waals surface area contributed by atoms with Gasteiger partial charge in [-0.15, -0.1) is 0 Å². The van der Waals surface area contributed by atoms with Crippen molar-refractivity contribution in [3.05, 3.63) is 58.9 Å². The summed E-state index contributed by atoms with van der Waals surface area (Å²) in [7, 11) is 3.09. The van der Waals surface area contributed by atoms with E-state index >= 15 is 0 Å². The Morgan fingerprint density at radius 1 is 1.13 bits per heavy atom. The van der Waals surface area contributed by atoms with E-state index in [1.165, 1.54) is 18.0 Å². The van der Waals surface area contributed by atoms with Crippen molar-refractivity contribution in [2.45, 2.75) is 20.4 Å². The van der Waals surface area contributed by atoms with Gasteiger partial charge in [0.15, 0.2) is 5.75 Å². The first-order valence-corrected chi connectivity index (χ1v) is 10.2. The molecule has 0 radical (unpaired) electrons. The Morgan fingerprint density at radius 3 is 2.45 bits per heavy atom. The van der Waals surface area contributed by atoms with Crippen LogP contribution in [0.15, 0.2) is 53.5 Å². The van der Waals surface area contributed by atoms with E-state index in [0.717, 1.165) is 11.1 Å². The highest BCUT2D eigenvalue weighted by atomic mass is 16.5. The lowest BCUT2D eigenvalue weighted by atomic mass is 9.93. The molecule has 1 N–H and O–H groups in total. The van der Waals surface area contributed by atoms with E-state index in [-0.39, 0.29) is 23.7 Å². The summed E-state index contributed by atoms with van der Waals surface area (Å²) in [5, 5.41) is 9.78. The molecule has 3 rings (SSSR count). The van der Waals surface area contributed by atoms with Gasteiger partial charge < -0.3 is 19.1 Å². The number of amides is 1. The summed E-state index contributed by atoms with van der Waals surface area (Å²) in [6.45, 7) is 5.41. The Labute approximate surface area is 181 Å². The number of rotatable bonds is 8. The third-order valence-electron chi connectivity index (χ3n) is 4.95. The number of fused-ring (bicyclic) bond motifs is 1. The van der Waals surface area contributed by atoms with Crippen molar-refractivity contribution in [2.24, 2.45) is 5.92 Å². The van der Waals surface area contributed by atoms with Gasteiger partial charge in [-0.2, -0.15) is 0 Å². The maximum absolute atomic E-state index is 12.8. The van der Waals surface area contributed by atoms with Crippen LogP contribution in [0.5, 0.6) is 5.75 Å². The van der Waals surface area contributed by atoms with Crippen molar-refractivity contribution >= 4 is 11.9 Å². The van der Waals surface area contributed by atoms with E-state index < -0.39 is 6.09 Å². The van der Waals surface area contributed by atoms with E-state index in [1.807, 2.05) is 41.1 Å². The van der Waals surface area contributed by atoms with E-state index in [4.69, 9.17) is 9.47 Å². The van der Waals surface area contributed by atoms with Crippen LogP contribution in [0, 0.1) is 5.92 Å². The fourth-order valence-corrected chi connectivity index (χ4v) is 3.61. The van der Waals surface area contributed by atoms with E-state index in [0.29, 0.717) is 30.1 Å². The smallest absolute Gasteiger partial charge is 0.412 e. The summed E-state index contributed by atoms with van der Waals surface area (Å²) in [4.78, 5) is 25.9. The largest absolute Gasteiger partial charge is 0.487 e. The van der Waals surface area contributed by atoms with Crippen molar-refractivity contribution in [2.75, 3.05) is 32.3 Å². The van der Waals surface area contributed by atoms with Gasteiger partial charge in [0.25, 0.3) is 0 Å². The molecule has 0 saturated heterocycles. The molecule has 0 bridgehead atoms. The first-order valence-electron chi connectivity index (χ1n) is 10.2. The Bertz CT molecular complexity index is 1080. The highest BCUT2D eigenvalue weighted by Gasteiger charge is 2.25. The molecule has 1 aliphatic heterocycles. The molecule has 1 aromatic rings. The molecule has 7 heteroatoms. The van der Waals surface area contributed by atoms with Crippen molar-refractivity contribution in [3.63, 3.8) is 0 Å². The lowest BCUT2D eigenvalue weighted by Crippen LogP contribution is -2.29. The Hall–Kier alpha value is -3.32. The quantitative estimate of drug-likeness (QED) is 0.542. The van der Waals surface area contributed by atoms with Crippen LogP contribution in [0.4, 0.5) is 10.6 Å². The maximum Gasteiger partial charge on any atom is 0.412 e. The van der Waals surface area contributed by atoms with E-state index in [1.54, 1.807) is 13.2 Å². The SMILES string of the molecule is COCCOc1cc2cn(CC(C)C)c(N(C)C(=O)O)c(-c3ccccc3)c-2cc1=O. The van der Waals surface area contributed by atoms with Crippen LogP contribution in [-0.4, -0.2) is 43.1 Å². The molecule has 164 valence electrons. The average Bonchev–Trinajstić information content (AvgIpc) is 2.73. The van der Waals surface area contributed by atoms with Crippen LogP contribution < -0.4 is 15.1 Å². The van der Waals surface area contributed by atoms with Crippen molar-refractivity contribution in [1.29, 1.82) is 0 Å². The Morgan fingerprint density at radius 2 is 1.84 bits per heavy atom. The standard InChI is InChI=1S/C24H28N2O5/c1-16(2)14-26-15-18-12-21(31-11-10-30-4)20(27)13-19(18)22(17-8-6-5-7-9-17)23(26)25(3)24(28)29/h5-9,12-13,15-16H,10-11,14H2,1-4H3,(H,28,29). The topological polar surface area (TPSA) is 81.0 Å². The second-order valence-corrected chi connectivity index (χ2v) is 7.81. The molecule has 0 spiro atoms. The summed E-state index contributed by atoms with van der Waals surface area (Å²) < 4.78 is 12.6. The number of carbonyl (C=O) groups is 1. The lowest BCUT2D eigenvalue weighted by Gasteiger charge is -2.28. The van der Waals surface area contributed by atoms with Crippen LogP contribution in [0.2, 0.25) is 0 Å². The fraction of sp³-hybridized carbons (Fsp3) is 0.333. The third-order valence-corrected chi connectivity index (χ3v) is 4.95. The van der Waals surface area contributed by atoms with Crippen molar-refractivity contribution in [3.8, 4) is 28.0 Å². The van der Waals surface area contributed by atoms with Gasteiger partial charge in [-0.05, 0) is 29.2 Å². The van der Waals surface area contributed by atoms with Crippen molar-refractivity contribution < 1.29 is 19.4 Å². The summed E-state index contributed by atoms with van der Waals surface area (Å²) in [6, 6.07) is 12.8. The number of pyridine rings is 1. The monoisotopic (exact) mass is 424 g/mol. The number of methoxy groups -OCH3 is 1.